The van der Waals surface area contributed by atoms with Crippen LogP contribution >= 0.6 is 11.6 Å². The van der Waals surface area contributed by atoms with E-state index in [1.807, 2.05) is 6.92 Å². The number of halogens is 1. The molecule has 48 valence electrons. The Morgan fingerprint density at radius 1 is 1.38 bits per heavy atom. The SMILES string of the molecule is COB(OC)[C@H](C)Cl. The van der Waals surface area contributed by atoms with Gasteiger partial charge in [0.25, 0.3) is 0 Å². The van der Waals surface area contributed by atoms with Crippen molar-refractivity contribution in [2.45, 2.75) is 12.2 Å². The van der Waals surface area contributed by atoms with Gasteiger partial charge in [0.15, 0.2) is 0 Å². The molecule has 0 rings (SSSR count). The van der Waals surface area contributed by atoms with Gasteiger partial charge in [-0.2, -0.15) is 0 Å². The standard InChI is InChI=1S/C4H10BClO2/c1-4(6)5(7-2)8-3/h4H,1-3H3/t4-/m0/s1. The van der Waals surface area contributed by atoms with Crippen LogP contribution in [0, 0.1) is 0 Å². The topological polar surface area (TPSA) is 18.5 Å². The Bertz CT molecular complexity index is 56.0. The molecule has 0 aliphatic heterocycles. The average molecular weight is 136 g/mol. The second-order valence-corrected chi connectivity index (χ2v) is 2.21. The maximum atomic E-state index is 5.59. The third kappa shape index (κ3) is 2.55. The summed E-state index contributed by atoms with van der Waals surface area (Å²) in [6, 6.07) is 0. The lowest BCUT2D eigenvalue weighted by molar-refractivity contribution is 0.276. The molecule has 0 saturated carbocycles. The zero-order valence-corrected chi connectivity index (χ0v) is 6.11. The fourth-order valence-corrected chi connectivity index (χ4v) is 0.677. The highest BCUT2D eigenvalue weighted by atomic mass is 35.5. The van der Waals surface area contributed by atoms with Crippen molar-refractivity contribution in [2.75, 3.05) is 14.2 Å². The minimum absolute atomic E-state index is 0.0926. The molecule has 0 radical (unpaired) electrons. The number of alkyl halides is 1. The number of hydrogen-bond donors (Lipinski definition) is 0. The molecule has 0 aromatic heterocycles. The number of rotatable bonds is 3. The molecule has 0 aromatic rings. The molecule has 0 N–H and O–H groups in total. The Morgan fingerprint density at radius 3 is 1.75 bits per heavy atom. The molecule has 0 spiro atoms. The summed E-state index contributed by atoms with van der Waals surface area (Å²) >= 11 is 5.59. The minimum atomic E-state index is -0.281. The first kappa shape index (κ1) is 8.27. The van der Waals surface area contributed by atoms with Gasteiger partial charge in [-0.25, -0.2) is 0 Å². The molecule has 0 bridgehead atoms. The van der Waals surface area contributed by atoms with Gasteiger partial charge in [0.1, 0.15) is 0 Å². The van der Waals surface area contributed by atoms with E-state index in [2.05, 4.69) is 0 Å². The molecule has 4 heteroatoms. The zero-order valence-electron chi connectivity index (χ0n) is 5.35. The van der Waals surface area contributed by atoms with Crippen molar-refractivity contribution in [3.05, 3.63) is 0 Å². The van der Waals surface area contributed by atoms with Crippen molar-refractivity contribution in [1.29, 1.82) is 0 Å². The Balaban J connectivity index is 3.35. The summed E-state index contributed by atoms with van der Waals surface area (Å²) in [5, 5.41) is -0.0926. The molecule has 0 amide bonds. The van der Waals surface area contributed by atoms with Crippen LogP contribution in [0.2, 0.25) is 0 Å². The molecule has 0 heterocycles. The number of hydrogen-bond acceptors (Lipinski definition) is 2. The molecule has 0 aliphatic rings. The summed E-state index contributed by atoms with van der Waals surface area (Å²) in [6.07, 6.45) is 0. The van der Waals surface area contributed by atoms with Crippen LogP contribution in [0.5, 0.6) is 0 Å². The van der Waals surface area contributed by atoms with E-state index in [0.29, 0.717) is 0 Å². The molecule has 1 atom stereocenters. The van der Waals surface area contributed by atoms with Gasteiger partial charge in [-0.1, -0.05) is 6.92 Å². The summed E-state index contributed by atoms with van der Waals surface area (Å²) in [7, 11) is 2.84. The first-order valence-electron chi connectivity index (χ1n) is 2.42. The maximum Gasteiger partial charge on any atom is 0.475 e. The molecule has 0 unspecified atom stereocenters. The minimum Gasteiger partial charge on any atom is -0.413 e. The van der Waals surface area contributed by atoms with Gasteiger partial charge in [0, 0.05) is 14.2 Å². The van der Waals surface area contributed by atoms with Crippen LogP contribution in [0.15, 0.2) is 0 Å². The first-order chi connectivity index (χ1) is 3.72. The van der Waals surface area contributed by atoms with Crippen LogP contribution in [0.25, 0.3) is 0 Å². The largest absolute Gasteiger partial charge is 0.475 e. The maximum absolute atomic E-state index is 5.59. The lowest BCUT2D eigenvalue weighted by atomic mass is 9.86. The van der Waals surface area contributed by atoms with Gasteiger partial charge in [0.2, 0.25) is 0 Å². The summed E-state index contributed by atoms with van der Waals surface area (Å²) < 4.78 is 9.61. The van der Waals surface area contributed by atoms with E-state index < -0.39 is 0 Å². The van der Waals surface area contributed by atoms with Crippen LogP contribution in [0.4, 0.5) is 0 Å². The van der Waals surface area contributed by atoms with Crippen molar-refractivity contribution < 1.29 is 9.31 Å². The van der Waals surface area contributed by atoms with Crippen molar-refractivity contribution in [2.24, 2.45) is 0 Å². The highest BCUT2D eigenvalue weighted by Gasteiger charge is 2.20. The normalized spacial score (nSPS) is 13.5. The van der Waals surface area contributed by atoms with E-state index in [4.69, 9.17) is 20.9 Å². The van der Waals surface area contributed by atoms with Gasteiger partial charge in [-0.15, -0.1) is 11.6 Å². The summed E-state index contributed by atoms with van der Waals surface area (Å²) in [4.78, 5) is 0. The van der Waals surface area contributed by atoms with Gasteiger partial charge >= 0.3 is 7.12 Å². The quantitative estimate of drug-likeness (QED) is 0.425. The average Bonchev–Trinajstić information content (AvgIpc) is 1.69. The van der Waals surface area contributed by atoms with E-state index in [9.17, 15) is 0 Å². The Labute approximate surface area is 55.3 Å². The van der Waals surface area contributed by atoms with E-state index in [1.54, 1.807) is 14.2 Å². The van der Waals surface area contributed by atoms with Gasteiger partial charge in [-0.05, 0) is 0 Å². The third-order valence-electron chi connectivity index (χ3n) is 0.840. The van der Waals surface area contributed by atoms with E-state index in [-0.39, 0.29) is 12.4 Å². The van der Waals surface area contributed by atoms with Crippen LogP contribution in [-0.4, -0.2) is 26.6 Å². The van der Waals surface area contributed by atoms with Gasteiger partial charge in [0.05, 0.1) is 5.28 Å². The molecule has 0 saturated heterocycles. The van der Waals surface area contributed by atoms with Crippen LogP contribution in [0.1, 0.15) is 6.92 Å². The summed E-state index contributed by atoms with van der Waals surface area (Å²) in [5.41, 5.74) is 0. The fourth-order valence-electron chi connectivity index (χ4n) is 0.471. The highest BCUT2D eigenvalue weighted by molar-refractivity contribution is 6.58. The Morgan fingerprint density at radius 2 is 1.75 bits per heavy atom. The second-order valence-electron chi connectivity index (χ2n) is 1.52. The summed E-state index contributed by atoms with van der Waals surface area (Å²) in [5.74, 6) is 0. The molecule has 0 aromatic carbocycles. The molecule has 8 heavy (non-hydrogen) atoms. The fraction of sp³-hybridized carbons (Fsp3) is 1.00. The molecule has 0 fully saturated rings. The monoisotopic (exact) mass is 136 g/mol. The molecule has 0 aliphatic carbocycles. The first-order valence-corrected chi connectivity index (χ1v) is 2.85. The van der Waals surface area contributed by atoms with Gasteiger partial charge < -0.3 is 9.31 Å². The lowest BCUT2D eigenvalue weighted by Crippen LogP contribution is -2.28. The Hall–Kier alpha value is 0.275. The molecule has 2 nitrogen and oxygen atoms in total. The molecular weight excluding hydrogens is 126 g/mol. The lowest BCUT2D eigenvalue weighted by Gasteiger charge is -2.08. The van der Waals surface area contributed by atoms with Crippen LogP contribution in [-0.2, 0) is 9.31 Å². The van der Waals surface area contributed by atoms with Gasteiger partial charge in [-0.3, -0.25) is 0 Å². The van der Waals surface area contributed by atoms with E-state index >= 15 is 0 Å². The van der Waals surface area contributed by atoms with Crippen LogP contribution < -0.4 is 0 Å². The smallest absolute Gasteiger partial charge is 0.413 e. The summed E-state index contributed by atoms with van der Waals surface area (Å²) in [6.45, 7) is 1.82. The van der Waals surface area contributed by atoms with Crippen LogP contribution in [0.3, 0.4) is 0 Å². The second kappa shape index (κ2) is 4.18. The molecular formula is C4H10BClO2. The third-order valence-corrected chi connectivity index (χ3v) is 1.05. The van der Waals surface area contributed by atoms with E-state index in [1.165, 1.54) is 0 Å². The van der Waals surface area contributed by atoms with Crippen molar-refractivity contribution >= 4 is 18.7 Å². The van der Waals surface area contributed by atoms with Crippen molar-refractivity contribution in [3.63, 3.8) is 0 Å². The highest BCUT2D eigenvalue weighted by Crippen LogP contribution is 2.00. The Kier molecular flexibility index (Phi) is 4.33. The predicted molar refractivity (Wildman–Crippen MR) is 35.1 cm³/mol. The predicted octanol–water partition coefficient (Wildman–Crippen LogP) is 0.934. The zero-order chi connectivity index (χ0) is 6.57. The van der Waals surface area contributed by atoms with E-state index in [0.717, 1.165) is 0 Å². The van der Waals surface area contributed by atoms with Crippen molar-refractivity contribution in [1.82, 2.24) is 0 Å². The van der Waals surface area contributed by atoms with Crippen molar-refractivity contribution in [3.8, 4) is 0 Å².